The molecule has 0 unspecified atom stereocenters. The number of nitrogens with one attached hydrogen (secondary N) is 1. The third-order valence-electron chi connectivity index (χ3n) is 22.3. The zero-order chi connectivity index (χ0) is 82.2. The Bertz CT molecular complexity index is 4090. The molecule has 2 aromatic heterocycles. The third kappa shape index (κ3) is 22.0. The summed E-state index contributed by atoms with van der Waals surface area (Å²) < 4.78 is 64.1. The molecule has 6 aliphatic heterocycles. The lowest BCUT2D eigenvalue weighted by Gasteiger charge is -2.32. The number of phenolic OH excluding ortho intramolecular Hbond substituents is 1. The molecule has 2 amide bonds. The summed E-state index contributed by atoms with van der Waals surface area (Å²) in [4.78, 5) is 35.2. The van der Waals surface area contributed by atoms with E-state index in [-0.39, 0.29) is 126 Å². The summed E-state index contributed by atoms with van der Waals surface area (Å²) in [6.07, 6.45) is 15.8. The number of nitrogens with zero attached hydrogens (tertiary/aromatic N) is 6. The Morgan fingerprint density at radius 2 is 0.973 bits per heavy atom. The minimum Gasteiger partial charge on any atom is -0.532 e. The molecule has 6 fully saturated rings. The highest BCUT2D eigenvalue weighted by Crippen LogP contribution is 2.47. The number of nitriles is 2. The van der Waals surface area contributed by atoms with Crippen LogP contribution >= 0.6 is 54.5 Å². The lowest BCUT2D eigenvalue weighted by Crippen LogP contribution is -2.41. The molecule has 10 N–H and O–H groups in total. The molecule has 35 heteroatoms. The Hall–Kier alpha value is -6.17. The number of halogens is 3. The Balaban J connectivity index is 0.000000188. The van der Waals surface area contributed by atoms with Gasteiger partial charge in [-0.2, -0.15) is 20.7 Å². The molecular formula is C75H107B6Br2IN10O16. The number of hydrogen-bond donors (Lipinski definition) is 7. The van der Waals surface area contributed by atoms with Crippen molar-refractivity contribution in [1.82, 2.24) is 19.6 Å². The average Bonchev–Trinajstić information content (AvgIpc) is 1.61. The topological polar surface area (TPSA) is 378 Å². The maximum absolute atomic E-state index is 12.0. The van der Waals surface area contributed by atoms with Crippen molar-refractivity contribution in [1.29, 1.82) is 10.5 Å². The highest BCUT2D eigenvalue weighted by atomic mass is 127. The van der Waals surface area contributed by atoms with Crippen LogP contribution in [0.5, 0.6) is 17.2 Å². The first-order valence-corrected chi connectivity index (χ1v) is 40.7. The van der Waals surface area contributed by atoms with Crippen LogP contribution in [-0.4, -0.2) is 145 Å². The van der Waals surface area contributed by atoms with E-state index < -0.39 is 26.1 Å². The summed E-state index contributed by atoms with van der Waals surface area (Å²) >= 11 is 8.70. The molecule has 0 spiro atoms. The number of rotatable bonds is 11. The van der Waals surface area contributed by atoms with Crippen LogP contribution < -0.4 is 31.8 Å². The molecule has 13 rings (SSSR count). The first-order valence-electron chi connectivity index (χ1n) is 37.0. The number of carbonyl (C=O) groups excluding carboxylic acids is 3. The SMILES string of the molecule is CC(B1OC(C)(C)C(C)(C)O1)B1OC(C)(C)C(C)(C)O1.CC1(C)OB(CB2OC(C)(C)C(C)(C)O2)OC1(C)C.CC1=Cc2cc(Br)ccc2OB1O.CC1=Cc2cc(Nc3nn([C@H]4CCCC[C@@H]4C#N)cc3C(N)=O)ccc2OB1O.CI.N#C[C@H]1CCCC[C@@H]1n1cc(C(N)=O)c(N)n1.O=Cc1cc(Br)ccc1O. The van der Waals surface area contributed by atoms with Crippen LogP contribution in [0.2, 0.25) is 11.9 Å². The molecule has 26 nitrogen and oxygen atoms in total. The summed E-state index contributed by atoms with van der Waals surface area (Å²) in [5.74, 6) is 0.451. The van der Waals surface area contributed by atoms with E-state index in [1.54, 1.807) is 52.9 Å². The summed E-state index contributed by atoms with van der Waals surface area (Å²) in [6.45, 7) is 38.6. The highest BCUT2D eigenvalue weighted by molar-refractivity contribution is 14.1. The number of anilines is 3. The number of fused-ring (bicyclic) bond motifs is 2. The van der Waals surface area contributed by atoms with Crippen molar-refractivity contribution < 1.29 is 76.1 Å². The standard InChI is InChI=1S/C20H22BN5O3.C14H28B2O4.C13H26B2O4.C11H15N5O.C9H8BBrO2.C7H5BrO2.CH3I/c1-12-8-14-9-15(6-7-18(14)29-21(12)28)24-20-16(19(23)27)11-26(25-20)17-5-3-2-4-13(17)10-22;1-10(15-17-11(2,3)12(4,5)18-15)16-19-13(6,7)14(8,9)20-16;1-10(2)11(3,4)17-14(16-10)9-15-18-12(5,6)13(7,8)19-15;12-5-7-3-1-2-4-9(7)16-6-8(11(14)17)10(13)15-16;1-6-4-7-5-8(11)2-3-9(7)13-10(6)12;8-6-1-2-7(10)5(3-6)4-9;1-2/h6-9,11,13,17,28H,2-5H2,1H3,(H2,23,27)(H,24,25);10H,1-9H3;9H2,1-8H3;6-7,9H,1-4H2,(H2,13,15)(H2,14,17);2-5,12H,1H3;1-4,10H;1H3/t13-,17+;;;7-,9+;;;/m1..1.../s1. The molecule has 110 heavy (non-hydrogen) atoms. The van der Waals surface area contributed by atoms with Gasteiger partial charge < -0.3 is 84.2 Å². The lowest BCUT2D eigenvalue weighted by molar-refractivity contribution is 0.00578. The van der Waals surface area contributed by atoms with Gasteiger partial charge in [-0.3, -0.25) is 23.7 Å². The van der Waals surface area contributed by atoms with E-state index in [2.05, 4.69) is 200 Å². The lowest BCUT2D eigenvalue weighted by atomic mass is 9.53. The van der Waals surface area contributed by atoms with Gasteiger partial charge in [0.05, 0.1) is 86.4 Å². The monoisotopic (exact) mass is 1750 g/mol. The highest BCUT2D eigenvalue weighted by Gasteiger charge is 2.61. The summed E-state index contributed by atoms with van der Waals surface area (Å²) in [5.41, 5.74) is 18.7. The number of aromatic nitrogens is 4. The van der Waals surface area contributed by atoms with Gasteiger partial charge in [-0.05, 0) is 221 Å². The number of hydrogen-bond acceptors (Lipinski definition) is 22. The number of aldehydes is 1. The molecule has 8 aliphatic rings. The Morgan fingerprint density at radius 1 is 0.600 bits per heavy atom. The van der Waals surface area contributed by atoms with Gasteiger partial charge in [0.2, 0.25) is 0 Å². The van der Waals surface area contributed by atoms with Gasteiger partial charge in [-0.1, -0.05) is 99.2 Å². The fraction of sp³-hybridized carbons (Fsp3) is 0.560. The van der Waals surface area contributed by atoms with Gasteiger partial charge in [0.25, 0.3) is 11.8 Å². The van der Waals surface area contributed by atoms with E-state index in [1.807, 2.05) is 48.3 Å². The van der Waals surface area contributed by atoms with Crippen molar-refractivity contribution in [2.45, 2.75) is 252 Å². The molecule has 0 radical (unpaired) electrons. The normalized spacial score (nSPS) is 22.7. The van der Waals surface area contributed by atoms with Crippen molar-refractivity contribution in [2.75, 3.05) is 16.0 Å². The molecular weight excluding hydrogens is 1650 g/mol. The molecule has 592 valence electrons. The van der Waals surface area contributed by atoms with Crippen molar-refractivity contribution in [3.63, 3.8) is 0 Å². The second-order valence-electron chi connectivity index (χ2n) is 32.5. The van der Waals surface area contributed by atoms with Crippen molar-refractivity contribution in [2.24, 2.45) is 23.3 Å². The van der Waals surface area contributed by atoms with Crippen LogP contribution in [-0.2, 0) is 37.2 Å². The van der Waals surface area contributed by atoms with Gasteiger partial charge in [-0.15, -0.1) is 0 Å². The van der Waals surface area contributed by atoms with Crippen LogP contribution in [0.15, 0.2) is 86.9 Å². The quantitative estimate of drug-likeness (QED) is 0.0279. The van der Waals surface area contributed by atoms with Gasteiger partial charge >= 0.3 is 42.7 Å². The average molecular weight is 1760 g/mol. The number of benzene rings is 3. The number of aromatic hydroxyl groups is 1. The van der Waals surface area contributed by atoms with E-state index >= 15 is 0 Å². The smallest absolute Gasteiger partial charge is 0.532 e. The largest absolute Gasteiger partial charge is 0.555 e. The molecule has 2 aliphatic carbocycles. The number of allylic oxidation sites excluding steroid dienone is 2. The number of amides is 2. The molecule has 5 aromatic rings. The summed E-state index contributed by atoms with van der Waals surface area (Å²) in [6, 6.07) is 20.4. The molecule has 4 atom stereocenters. The third-order valence-corrected chi connectivity index (χ3v) is 23.3. The van der Waals surface area contributed by atoms with Gasteiger partial charge in [0.15, 0.2) is 17.9 Å². The number of nitrogen functional groups attached to an aromatic ring is 1. The van der Waals surface area contributed by atoms with E-state index in [0.29, 0.717) is 40.8 Å². The number of phenols is 1. The fourth-order valence-corrected chi connectivity index (χ4v) is 13.5. The second kappa shape index (κ2) is 37.0. The molecule has 3 aromatic carbocycles. The summed E-state index contributed by atoms with van der Waals surface area (Å²) in [7, 11) is -2.92. The van der Waals surface area contributed by atoms with Gasteiger partial charge in [-0.25, -0.2) is 0 Å². The Kier molecular flexibility index (Phi) is 30.6. The Labute approximate surface area is 681 Å². The Morgan fingerprint density at radius 3 is 1.37 bits per heavy atom. The fourth-order valence-electron chi connectivity index (χ4n) is 12.8. The van der Waals surface area contributed by atoms with Gasteiger partial charge in [0.1, 0.15) is 28.4 Å². The molecule has 4 saturated heterocycles. The zero-order valence-electron chi connectivity index (χ0n) is 67.0. The minimum atomic E-state index is -0.943. The first kappa shape index (κ1) is 91.0. The predicted octanol–water partition coefficient (Wildman–Crippen LogP) is 14.7. The van der Waals surface area contributed by atoms with Crippen LogP contribution in [0.3, 0.4) is 0 Å². The maximum atomic E-state index is 12.0. The summed E-state index contributed by atoms with van der Waals surface area (Å²) in [5, 5.41) is 58.5. The zero-order valence-corrected chi connectivity index (χ0v) is 72.3. The van der Waals surface area contributed by atoms with Crippen LogP contribution in [0.4, 0.5) is 17.3 Å². The van der Waals surface area contributed by atoms with Crippen LogP contribution in [0, 0.1) is 34.5 Å². The van der Waals surface area contributed by atoms with Gasteiger partial charge in [0, 0.05) is 50.1 Å². The first-order chi connectivity index (χ1) is 51.1. The molecule has 2 saturated carbocycles. The van der Waals surface area contributed by atoms with Crippen molar-refractivity contribution >= 4 is 145 Å². The minimum absolute atomic E-state index is 0.00384. The van der Waals surface area contributed by atoms with E-state index in [9.17, 15) is 29.7 Å². The van der Waals surface area contributed by atoms with Crippen molar-refractivity contribution in [3.8, 4) is 29.4 Å². The maximum Gasteiger partial charge on any atom is 0.555 e. The number of alkyl halides is 1. The van der Waals surface area contributed by atoms with Crippen LogP contribution in [0.1, 0.15) is 237 Å². The predicted molar refractivity (Wildman–Crippen MR) is 447 cm³/mol. The molecule has 8 heterocycles. The second-order valence-corrected chi connectivity index (χ2v) is 34.3. The molecule has 0 bridgehead atoms. The number of nitrogens with two attached hydrogens (primary N) is 3. The van der Waals surface area contributed by atoms with E-state index in [1.165, 1.54) is 6.07 Å². The number of primary amides is 2. The van der Waals surface area contributed by atoms with Crippen molar-refractivity contribution in [3.05, 3.63) is 115 Å². The van der Waals surface area contributed by atoms with E-state index in [0.717, 1.165) is 82.7 Å². The van der Waals surface area contributed by atoms with Crippen LogP contribution in [0.25, 0.3) is 12.2 Å². The number of carbonyl (C=O) groups is 3. The van der Waals surface area contributed by atoms with E-state index in [4.69, 9.17) is 74.1 Å².